The van der Waals surface area contributed by atoms with Crippen LogP contribution in [0.5, 0.6) is 0 Å². The van der Waals surface area contributed by atoms with Gasteiger partial charge >= 0.3 is 5.97 Å². The van der Waals surface area contributed by atoms with Gasteiger partial charge in [0.15, 0.2) is 5.78 Å². The quantitative estimate of drug-likeness (QED) is 0.620. The highest BCUT2D eigenvalue weighted by atomic mass is 35.5. The van der Waals surface area contributed by atoms with E-state index < -0.39 is 17.8 Å². The number of hydrogen-bond donors (Lipinski definition) is 2. The van der Waals surface area contributed by atoms with E-state index in [0.29, 0.717) is 56.8 Å². The zero-order chi connectivity index (χ0) is 22.5. The Bertz CT molecular complexity index is 883. The molecule has 1 aromatic heterocycles. The number of nitrogens with zero attached hydrogens (tertiary/aromatic N) is 3. The maximum Gasteiger partial charge on any atom is 0.306 e. The number of halogens is 1. The third kappa shape index (κ3) is 5.52. The number of aromatic nitrogens is 1. The molecule has 0 bridgehead atoms. The Kier molecular flexibility index (Phi) is 7.48. The molecule has 31 heavy (non-hydrogen) atoms. The fourth-order valence-electron chi connectivity index (χ4n) is 3.84. The van der Waals surface area contributed by atoms with Gasteiger partial charge in [-0.2, -0.15) is 0 Å². The second kappa shape index (κ2) is 10.1. The Hall–Kier alpha value is -2.68. The highest BCUT2D eigenvalue weighted by Gasteiger charge is 2.29. The molecule has 2 amide bonds. The van der Waals surface area contributed by atoms with Crippen LogP contribution in [0.15, 0.2) is 6.07 Å². The van der Waals surface area contributed by atoms with Crippen molar-refractivity contribution in [3.8, 4) is 0 Å². The van der Waals surface area contributed by atoms with E-state index >= 15 is 0 Å². The Morgan fingerprint density at radius 3 is 2.55 bits per heavy atom. The number of Topliss-reactive ketones (excluding diaryl/α,β-unsaturated/α-hetero) is 1. The van der Waals surface area contributed by atoms with Crippen molar-refractivity contribution in [1.82, 2.24) is 15.2 Å². The monoisotopic (exact) mass is 450 g/mol. The Labute approximate surface area is 185 Å². The maximum atomic E-state index is 12.8. The maximum absolute atomic E-state index is 12.8. The first-order chi connectivity index (χ1) is 14.8. The smallest absolute Gasteiger partial charge is 0.306 e. The SMILES string of the molecule is CCC(=O)CNC(=O)c1cc(Cl)c(N2CCC(C(=O)O)CC2)nc1CN1CCCC1=O. The van der Waals surface area contributed by atoms with Crippen molar-refractivity contribution in [2.45, 2.75) is 45.6 Å². The van der Waals surface area contributed by atoms with Crippen LogP contribution in [0.25, 0.3) is 0 Å². The summed E-state index contributed by atoms with van der Waals surface area (Å²) < 4.78 is 0. The predicted molar refractivity (Wildman–Crippen MR) is 114 cm³/mol. The van der Waals surface area contributed by atoms with E-state index in [4.69, 9.17) is 11.6 Å². The van der Waals surface area contributed by atoms with E-state index in [1.807, 2.05) is 4.90 Å². The van der Waals surface area contributed by atoms with Gasteiger partial charge in [0.05, 0.1) is 35.3 Å². The summed E-state index contributed by atoms with van der Waals surface area (Å²) >= 11 is 6.47. The molecule has 0 aromatic carbocycles. The number of nitrogens with one attached hydrogen (secondary N) is 1. The van der Waals surface area contributed by atoms with E-state index in [0.717, 1.165) is 6.42 Å². The van der Waals surface area contributed by atoms with E-state index in [-0.39, 0.29) is 35.4 Å². The number of ketones is 1. The lowest BCUT2D eigenvalue weighted by molar-refractivity contribution is -0.142. The Balaban J connectivity index is 1.86. The lowest BCUT2D eigenvalue weighted by atomic mass is 9.97. The normalized spacial score (nSPS) is 17.2. The molecule has 0 aliphatic carbocycles. The summed E-state index contributed by atoms with van der Waals surface area (Å²) in [5, 5.41) is 12.1. The van der Waals surface area contributed by atoms with Crippen LogP contribution in [0.1, 0.15) is 55.1 Å². The highest BCUT2D eigenvalue weighted by molar-refractivity contribution is 6.33. The predicted octanol–water partition coefficient (Wildman–Crippen LogP) is 1.87. The molecule has 3 rings (SSSR count). The first kappa shape index (κ1) is 23.0. The molecule has 2 saturated heterocycles. The molecule has 9 nitrogen and oxygen atoms in total. The summed E-state index contributed by atoms with van der Waals surface area (Å²) in [5.41, 5.74) is 0.647. The average Bonchev–Trinajstić information content (AvgIpc) is 3.17. The van der Waals surface area contributed by atoms with Crippen molar-refractivity contribution in [2.24, 2.45) is 5.92 Å². The summed E-state index contributed by atoms with van der Waals surface area (Å²) in [6.45, 7) is 3.39. The third-order valence-corrected chi connectivity index (χ3v) is 6.06. The Morgan fingerprint density at radius 2 is 1.97 bits per heavy atom. The molecule has 2 N–H and O–H groups in total. The fourth-order valence-corrected chi connectivity index (χ4v) is 4.12. The van der Waals surface area contributed by atoms with Gasteiger partial charge < -0.3 is 20.2 Å². The number of likely N-dealkylation sites (tertiary alicyclic amines) is 1. The first-order valence-corrected chi connectivity index (χ1v) is 10.9. The summed E-state index contributed by atoms with van der Waals surface area (Å²) in [7, 11) is 0. The van der Waals surface area contributed by atoms with Crippen LogP contribution in [0.3, 0.4) is 0 Å². The van der Waals surface area contributed by atoms with E-state index in [1.54, 1.807) is 11.8 Å². The molecule has 10 heteroatoms. The highest BCUT2D eigenvalue weighted by Crippen LogP contribution is 2.31. The Morgan fingerprint density at radius 1 is 1.26 bits per heavy atom. The number of pyridine rings is 1. The number of carboxylic acid groups (broad SMARTS) is 1. The van der Waals surface area contributed by atoms with Crippen LogP contribution in [-0.2, 0) is 20.9 Å². The van der Waals surface area contributed by atoms with Gasteiger partial charge in [-0.1, -0.05) is 18.5 Å². The molecule has 3 heterocycles. The molecule has 0 unspecified atom stereocenters. The molecule has 0 radical (unpaired) electrons. The summed E-state index contributed by atoms with van der Waals surface area (Å²) in [4.78, 5) is 55.9. The van der Waals surface area contributed by atoms with Crippen LogP contribution in [0, 0.1) is 5.92 Å². The van der Waals surface area contributed by atoms with Crippen LogP contribution in [0.2, 0.25) is 5.02 Å². The minimum Gasteiger partial charge on any atom is -0.481 e. The van der Waals surface area contributed by atoms with Crippen molar-refractivity contribution in [1.29, 1.82) is 0 Å². The van der Waals surface area contributed by atoms with E-state index in [1.165, 1.54) is 6.07 Å². The van der Waals surface area contributed by atoms with Crippen molar-refractivity contribution in [2.75, 3.05) is 31.1 Å². The van der Waals surface area contributed by atoms with Crippen LogP contribution < -0.4 is 10.2 Å². The molecular weight excluding hydrogens is 424 g/mol. The van der Waals surface area contributed by atoms with Gasteiger partial charge in [-0.15, -0.1) is 0 Å². The molecule has 2 aliphatic heterocycles. The fraction of sp³-hybridized carbons (Fsp3) is 0.571. The van der Waals surface area contributed by atoms with E-state index in [2.05, 4.69) is 10.3 Å². The summed E-state index contributed by atoms with van der Waals surface area (Å²) in [5.74, 6) is -1.27. The summed E-state index contributed by atoms with van der Waals surface area (Å²) in [6.07, 6.45) is 2.51. The lowest BCUT2D eigenvalue weighted by Crippen LogP contribution is -2.37. The van der Waals surface area contributed by atoms with Gasteiger partial charge in [0.1, 0.15) is 5.82 Å². The largest absolute Gasteiger partial charge is 0.481 e. The number of aliphatic carboxylic acids is 1. The van der Waals surface area contributed by atoms with Gasteiger partial charge in [0.25, 0.3) is 5.91 Å². The van der Waals surface area contributed by atoms with Crippen LogP contribution >= 0.6 is 11.6 Å². The number of hydrogen-bond acceptors (Lipinski definition) is 6. The third-order valence-electron chi connectivity index (χ3n) is 5.78. The van der Waals surface area contributed by atoms with Gasteiger partial charge in [-0.3, -0.25) is 19.2 Å². The number of piperidine rings is 1. The average molecular weight is 451 g/mol. The second-order valence-corrected chi connectivity index (χ2v) is 8.29. The molecule has 0 spiro atoms. The number of anilines is 1. The molecule has 168 valence electrons. The summed E-state index contributed by atoms with van der Waals surface area (Å²) in [6, 6.07) is 1.52. The number of amides is 2. The molecule has 0 saturated carbocycles. The standard InChI is InChI=1S/C21H27ClN4O5/c1-2-14(27)11-23-20(29)15-10-16(22)19(25-8-5-13(6-9-25)21(30)31)24-17(15)12-26-7-3-4-18(26)28/h10,13H,2-9,11-12H2,1H3,(H,23,29)(H,30,31). The molecule has 2 fully saturated rings. The zero-order valence-corrected chi connectivity index (χ0v) is 18.3. The van der Waals surface area contributed by atoms with Gasteiger partial charge in [0.2, 0.25) is 5.91 Å². The van der Waals surface area contributed by atoms with Gasteiger partial charge in [-0.05, 0) is 25.3 Å². The minimum absolute atomic E-state index is 0.00749. The van der Waals surface area contributed by atoms with Crippen LogP contribution in [0.4, 0.5) is 5.82 Å². The number of carboxylic acids is 1. The molecule has 2 aliphatic rings. The lowest BCUT2D eigenvalue weighted by Gasteiger charge is -2.32. The van der Waals surface area contributed by atoms with Crippen LogP contribution in [-0.4, -0.2) is 64.7 Å². The van der Waals surface area contributed by atoms with Crippen molar-refractivity contribution >= 4 is 41.0 Å². The van der Waals surface area contributed by atoms with Crippen molar-refractivity contribution in [3.05, 3.63) is 22.3 Å². The molecular formula is C21H27ClN4O5. The van der Waals surface area contributed by atoms with Gasteiger partial charge in [-0.25, -0.2) is 4.98 Å². The zero-order valence-electron chi connectivity index (χ0n) is 17.5. The minimum atomic E-state index is -0.805. The topological polar surface area (TPSA) is 120 Å². The van der Waals surface area contributed by atoms with E-state index in [9.17, 15) is 24.3 Å². The number of carbonyl (C=O) groups is 4. The number of rotatable bonds is 8. The number of carbonyl (C=O) groups excluding carboxylic acids is 3. The first-order valence-electron chi connectivity index (χ1n) is 10.5. The molecule has 1 aromatic rings. The second-order valence-electron chi connectivity index (χ2n) is 7.88. The van der Waals surface area contributed by atoms with Gasteiger partial charge in [0, 0.05) is 32.5 Å². The van der Waals surface area contributed by atoms with Crippen molar-refractivity contribution in [3.63, 3.8) is 0 Å². The van der Waals surface area contributed by atoms with Crippen molar-refractivity contribution < 1.29 is 24.3 Å². The molecule has 0 atom stereocenters.